The predicted octanol–water partition coefficient (Wildman–Crippen LogP) is 6.29. The molecule has 0 radical (unpaired) electrons. The van der Waals surface area contributed by atoms with Crippen LogP contribution in [-0.4, -0.2) is 11.7 Å². The lowest BCUT2D eigenvalue weighted by Gasteiger charge is -2.41. The summed E-state index contributed by atoms with van der Waals surface area (Å²) in [5.41, 5.74) is -1.60. The van der Waals surface area contributed by atoms with E-state index in [9.17, 15) is 15.3 Å². The van der Waals surface area contributed by atoms with E-state index in [1.54, 1.807) is 30.3 Å². The number of nitrogens with zero attached hydrogens (tertiary/aromatic N) is 3. The number of rotatable bonds is 4. The van der Waals surface area contributed by atoms with Crippen molar-refractivity contribution in [2.45, 2.75) is 17.9 Å². The number of benzene rings is 4. The number of hydrogen-bond acceptors (Lipinski definition) is 4. The minimum Gasteiger partial charge on any atom is -0.297 e. The number of para-hydroxylation sites is 1. The first-order chi connectivity index (χ1) is 19.5. The summed E-state index contributed by atoms with van der Waals surface area (Å²) in [5.74, 6) is -2.13. The molecule has 1 aliphatic heterocycles. The maximum absolute atomic E-state index is 16.0. The van der Waals surface area contributed by atoms with Crippen LogP contribution in [0.2, 0.25) is 0 Å². The minimum atomic E-state index is -2.39. The minimum absolute atomic E-state index is 0.0257. The van der Waals surface area contributed by atoms with Gasteiger partial charge >= 0.3 is 0 Å². The monoisotopic (exact) mass is 523 g/mol. The number of halogens is 1. The van der Waals surface area contributed by atoms with Gasteiger partial charge < -0.3 is 0 Å². The summed E-state index contributed by atoms with van der Waals surface area (Å²) >= 11 is 0. The van der Waals surface area contributed by atoms with Crippen molar-refractivity contribution >= 4 is 23.0 Å². The van der Waals surface area contributed by atoms with Gasteiger partial charge in [-0.25, -0.2) is 4.39 Å². The molecule has 6 heteroatoms. The van der Waals surface area contributed by atoms with E-state index in [0.29, 0.717) is 22.3 Å². The maximum Gasteiger partial charge on any atom is 0.242 e. The summed E-state index contributed by atoms with van der Waals surface area (Å²) in [7, 11) is 0. The average molecular weight is 524 g/mol. The van der Waals surface area contributed by atoms with Crippen molar-refractivity contribution in [1.29, 1.82) is 10.5 Å². The van der Waals surface area contributed by atoms with Crippen LogP contribution in [0.3, 0.4) is 0 Å². The first-order valence-corrected chi connectivity index (χ1v) is 12.8. The Morgan fingerprint density at radius 2 is 1.30 bits per heavy atom. The van der Waals surface area contributed by atoms with Crippen LogP contribution in [0.15, 0.2) is 115 Å². The van der Waals surface area contributed by atoms with Crippen molar-refractivity contribution in [2.75, 3.05) is 4.90 Å². The van der Waals surface area contributed by atoms with Crippen LogP contribution in [-0.2, 0) is 15.0 Å². The zero-order valence-corrected chi connectivity index (χ0v) is 21.3. The fraction of sp³-hybridized carbons (Fsp3) is 0.118. The zero-order chi connectivity index (χ0) is 27.9. The number of hydrogen-bond donors (Lipinski definition) is 0. The Kier molecular flexibility index (Phi) is 5.90. The normalized spacial score (nSPS) is 19.2. The molecule has 0 fully saturated rings. The molecule has 0 unspecified atom stereocenters. The third-order valence-electron chi connectivity index (χ3n) is 8.01. The van der Waals surface area contributed by atoms with Gasteiger partial charge in [-0.05, 0) is 46.4 Å². The average Bonchev–Trinajstić information content (AvgIpc) is 3.24. The summed E-state index contributed by atoms with van der Waals surface area (Å²) in [6.45, 7) is 0. The Balaban J connectivity index is 1.67. The van der Waals surface area contributed by atoms with Crippen LogP contribution in [0.5, 0.6) is 0 Å². The first kappa shape index (κ1) is 25.0. The molecule has 6 rings (SSSR count). The van der Waals surface area contributed by atoms with Gasteiger partial charge in [0.05, 0.1) is 23.9 Å². The Labute approximate surface area is 231 Å². The molecule has 192 valence electrons. The quantitative estimate of drug-likeness (QED) is 0.315. The zero-order valence-electron chi connectivity index (χ0n) is 21.3. The lowest BCUT2D eigenvalue weighted by molar-refractivity contribution is -0.133. The molecule has 0 aromatic heterocycles. The number of carbonyl (C=O) groups is 2. The smallest absolute Gasteiger partial charge is 0.242 e. The molecule has 0 saturated heterocycles. The summed E-state index contributed by atoms with van der Waals surface area (Å²) < 4.78 is 16.0. The molecule has 4 aromatic rings. The maximum atomic E-state index is 16.0. The van der Waals surface area contributed by atoms with Gasteiger partial charge in [0.15, 0.2) is 5.78 Å². The van der Waals surface area contributed by atoms with Gasteiger partial charge in [-0.3, -0.25) is 14.5 Å². The van der Waals surface area contributed by atoms with Crippen LogP contribution in [0.4, 0.5) is 10.1 Å². The largest absolute Gasteiger partial charge is 0.297 e. The van der Waals surface area contributed by atoms with Crippen molar-refractivity contribution in [3.63, 3.8) is 0 Å². The van der Waals surface area contributed by atoms with Crippen molar-refractivity contribution in [2.24, 2.45) is 5.41 Å². The third-order valence-corrected chi connectivity index (χ3v) is 8.01. The molecule has 0 N–H and O–H groups in total. The molecule has 5 nitrogen and oxygen atoms in total. The van der Waals surface area contributed by atoms with Crippen molar-refractivity contribution in [1.82, 2.24) is 0 Å². The summed E-state index contributed by atoms with van der Waals surface area (Å²) in [5, 5.41) is 21.0. The van der Waals surface area contributed by atoms with E-state index in [1.807, 2.05) is 78.9 Å². The Morgan fingerprint density at radius 1 is 0.750 bits per heavy atom. The van der Waals surface area contributed by atoms with Crippen LogP contribution in [0.1, 0.15) is 34.7 Å². The molecule has 40 heavy (non-hydrogen) atoms. The highest BCUT2D eigenvalue weighted by molar-refractivity contribution is 6.20. The number of amides is 1. The molecule has 0 bridgehead atoms. The van der Waals surface area contributed by atoms with Crippen LogP contribution in [0.25, 0.3) is 5.57 Å². The summed E-state index contributed by atoms with van der Waals surface area (Å²) in [6.07, 6.45) is 1.17. The second-order valence-electron chi connectivity index (χ2n) is 9.99. The van der Waals surface area contributed by atoms with Gasteiger partial charge in [0.2, 0.25) is 11.3 Å². The van der Waals surface area contributed by atoms with Crippen LogP contribution < -0.4 is 4.90 Å². The van der Waals surface area contributed by atoms with E-state index in [0.717, 1.165) is 0 Å². The highest BCUT2D eigenvalue weighted by Crippen LogP contribution is 2.60. The van der Waals surface area contributed by atoms with E-state index in [1.165, 1.54) is 23.1 Å². The number of allylic oxidation sites excluding steroid dienone is 2. The van der Waals surface area contributed by atoms with Gasteiger partial charge in [0, 0.05) is 0 Å². The molecule has 1 spiro atoms. The van der Waals surface area contributed by atoms with E-state index in [4.69, 9.17) is 0 Å². The molecule has 2 aliphatic rings. The molecule has 4 aromatic carbocycles. The Morgan fingerprint density at radius 3 is 1.85 bits per heavy atom. The standard InChI is InChI=1S/C34H22FN3O2/c35-28-18-10-17-27-31(28)38(30(24-13-6-2-7-14-24)25-15-8-3-9-16-25)32(40)34(27)20-26(23-11-4-1-5-12-23)19-29(39)33(34,21-36)22-37/h1-19,30H,20H2/t34-/m0/s1. The highest BCUT2D eigenvalue weighted by atomic mass is 19.1. The lowest BCUT2D eigenvalue weighted by Crippen LogP contribution is -2.57. The molecule has 1 amide bonds. The molecular formula is C34H22FN3O2. The van der Waals surface area contributed by atoms with Crippen LogP contribution in [0, 0.1) is 33.9 Å². The topological polar surface area (TPSA) is 85.0 Å². The van der Waals surface area contributed by atoms with Gasteiger partial charge in [0.25, 0.3) is 0 Å². The van der Waals surface area contributed by atoms with Gasteiger partial charge in [-0.1, -0.05) is 103 Å². The van der Waals surface area contributed by atoms with Gasteiger partial charge in [-0.15, -0.1) is 0 Å². The number of fused-ring (bicyclic) bond motifs is 2. The second kappa shape index (κ2) is 9.45. The van der Waals surface area contributed by atoms with Gasteiger partial charge in [-0.2, -0.15) is 10.5 Å². The summed E-state index contributed by atoms with van der Waals surface area (Å²) in [6, 6.07) is 34.8. The van der Waals surface area contributed by atoms with E-state index < -0.39 is 34.4 Å². The molecular weight excluding hydrogens is 501 g/mol. The van der Waals surface area contributed by atoms with Crippen molar-refractivity contribution in [3.05, 3.63) is 143 Å². The Hall–Kier alpha value is -5.33. The number of nitriles is 2. The fourth-order valence-corrected chi connectivity index (χ4v) is 6.18. The van der Waals surface area contributed by atoms with E-state index in [2.05, 4.69) is 0 Å². The van der Waals surface area contributed by atoms with Crippen molar-refractivity contribution in [3.8, 4) is 12.1 Å². The first-order valence-electron chi connectivity index (χ1n) is 12.8. The van der Waals surface area contributed by atoms with Crippen LogP contribution >= 0.6 is 0 Å². The summed E-state index contributed by atoms with van der Waals surface area (Å²) in [4.78, 5) is 30.2. The van der Waals surface area contributed by atoms with E-state index in [-0.39, 0.29) is 17.7 Å². The molecule has 1 aliphatic carbocycles. The Bertz CT molecular complexity index is 1700. The van der Waals surface area contributed by atoms with Gasteiger partial charge in [0.1, 0.15) is 11.2 Å². The third kappa shape index (κ3) is 3.37. The van der Waals surface area contributed by atoms with Crippen molar-refractivity contribution < 1.29 is 14.0 Å². The second-order valence-corrected chi connectivity index (χ2v) is 9.99. The number of ketones is 1. The number of anilines is 1. The highest BCUT2D eigenvalue weighted by Gasteiger charge is 2.70. The fourth-order valence-electron chi connectivity index (χ4n) is 6.18. The lowest BCUT2D eigenvalue weighted by atomic mass is 9.54. The molecule has 1 heterocycles. The molecule has 0 saturated carbocycles. The van der Waals surface area contributed by atoms with E-state index >= 15 is 9.18 Å². The SMILES string of the molecule is N#CC1(C#N)C(=O)C=C(c2ccccc2)C[C@]12C(=O)N(C(c1ccccc1)c1ccccc1)c1c(F)cccc12. The molecule has 1 atom stereocenters. The number of carbonyl (C=O) groups excluding carboxylic acids is 2. The predicted molar refractivity (Wildman–Crippen MR) is 148 cm³/mol.